The first kappa shape index (κ1) is 9.12. The van der Waals surface area contributed by atoms with Gasteiger partial charge in [-0.1, -0.05) is 12.8 Å². The van der Waals surface area contributed by atoms with Crippen LogP contribution in [-0.4, -0.2) is 23.9 Å². The van der Waals surface area contributed by atoms with Crippen molar-refractivity contribution in [2.45, 2.75) is 26.2 Å². The van der Waals surface area contributed by atoms with Crippen molar-refractivity contribution >= 4 is 5.91 Å². The Labute approximate surface area is 73.9 Å². The minimum Gasteiger partial charge on any atom is -0.331 e. The van der Waals surface area contributed by atoms with Crippen LogP contribution in [0.25, 0.3) is 0 Å². The lowest BCUT2D eigenvalue weighted by Crippen LogP contribution is -2.33. The molecule has 0 N–H and O–H groups in total. The predicted octanol–water partition coefficient (Wildman–Crippen LogP) is 1.27. The fraction of sp³-hybridized carbons (Fsp3) is 0.700. The first-order valence-electron chi connectivity index (χ1n) is 4.51. The van der Waals surface area contributed by atoms with Gasteiger partial charge in [0.1, 0.15) is 0 Å². The topological polar surface area (TPSA) is 20.3 Å². The van der Waals surface area contributed by atoms with E-state index in [0.29, 0.717) is 12.5 Å². The van der Waals surface area contributed by atoms with Crippen molar-refractivity contribution in [2.75, 3.05) is 13.1 Å². The van der Waals surface area contributed by atoms with Crippen molar-refractivity contribution in [1.29, 1.82) is 0 Å². The molecule has 0 spiro atoms. The van der Waals surface area contributed by atoms with Gasteiger partial charge >= 0.3 is 0 Å². The molecule has 0 aromatic rings. The van der Waals surface area contributed by atoms with Crippen molar-refractivity contribution in [2.24, 2.45) is 5.92 Å². The third kappa shape index (κ3) is 2.27. The van der Waals surface area contributed by atoms with Crippen molar-refractivity contribution in [3.05, 3.63) is 0 Å². The molecule has 1 aliphatic rings. The Morgan fingerprint density at radius 3 is 2.75 bits per heavy atom. The molecule has 1 amide bonds. The molecule has 0 saturated heterocycles. The second kappa shape index (κ2) is 4.15. The zero-order valence-corrected chi connectivity index (χ0v) is 7.55. The Hall–Kier alpha value is -0.970. The van der Waals surface area contributed by atoms with Crippen molar-refractivity contribution in [3.63, 3.8) is 0 Å². The molecule has 0 heterocycles. The summed E-state index contributed by atoms with van der Waals surface area (Å²) in [5.41, 5.74) is 0. The van der Waals surface area contributed by atoms with Gasteiger partial charge in [-0.05, 0) is 19.3 Å². The van der Waals surface area contributed by atoms with Crippen LogP contribution >= 0.6 is 0 Å². The van der Waals surface area contributed by atoms with Crippen LogP contribution in [0.15, 0.2) is 0 Å². The first-order chi connectivity index (χ1) is 5.79. The normalized spacial score (nSPS) is 15.3. The minimum atomic E-state index is 0.259. The molecule has 0 bridgehead atoms. The smallest absolute Gasteiger partial charge is 0.226 e. The highest BCUT2D eigenvalue weighted by atomic mass is 16.2. The van der Waals surface area contributed by atoms with E-state index < -0.39 is 0 Å². The molecule has 0 radical (unpaired) electrons. The van der Waals surface area contributed by atoms with E-state index in [9.17, 15) is 4.79 Å². The van der Waals surface area contributed by atoms with Gasteiger partial charge in [-0.15, -0.1) is 6.42 Å². The third-order valence-electron chi connectivity index (χ3n) is 2.01. The van der Waals surface area contributed by atoms with Crippen LogP contribution in [0.2, 0.25) is 0 Å². The lowest BCUT2D eigenvalue weighted by Gasteiger charge is -2.18. The maximum atomic E-state index is 11.5. The predicted molar refractivity (Wildman–Crippen MR) is 48.4 cm³/mol. The average Bonchev–Trinajstić information content (AvgIpc) is 2.85. The van der Waals surface area contributed by atoms with Gasteiger partial charge in [-0.25, -0.2) is 0 Å². The van der Waals surface area contributed by atoms with E-state index in [2.05, 4.69) is 12.8 Å². The minimum absolute atomic E-state index is 0.259. The maximum absolute atomic E-state index is 11.5. The molecule has 12 heavy (non-hydrogen) atoms. The van der Waals surface area contributed by atoms with E-state index in [1.165, 1.54) is 0 Å². The molecule has 0 aliphatic heterocycles. The van der Waals surface area contributed by atoms with Crippen LogP contribution < -0.4 is 0 Å². The summed E-state index contributed by atoms with van der Waals surface area (Å²) in [6, 6.07) is 0. The molecule has 0 aromatic carbocycles. The Morgan fingerprint density at radius 1 is 1.67 bits per heavy atom. The van der Waals surface area contributed by atoms with Gasteiger partial charge in [-0.3, -0.25) is 4.79 Å². The van der Waals surface area contributed by atoms with Gasteiger partial charge in [0.05, 0.1) is 6.54 Å². The highest BCUT2D eigenvalue weighted by Crippen LogP contribution is 2.30. The second-order valence-electron chi connectivity index (χ2n) is 3.24. The zero-order chi connectivity index (χ0) is 8.97. The van der Waals surface area contributed by atoms with Crippen LogP contribution in [0.3, 0.4) is 0 Å². The van der Waals surface area contributed by atoms with Crippen molar-refractivity contribution in [1.82, 2.24) is 4.90 Å². The van der Waals surface area contributed by atoms with Crippen molar-refractivity contribution < 1.29 is 4.79 Å². The zero-order valence-electron chi connectivity index (χ0n) is 7.55. The number of rotatable bonds is 4. The molecule has 1 saturated carbocycles. The summed E-state index contributed by atoms with van der Waals surface area (Å²) in [4.78, 5) is 13.3. The summed E-state index contributed by atoms with van der Waals surface area (Å²) in [5.74, 6) is 3.08. The van der Waals surface area contributed by atoms with Crippen molar-refractivity contribution in [3.8, 4) is 12.3 Å². The van der Waals surface area contributed by atoms with Gasteiger partial charge < -0.3 is 4.90 Å². The molecule has 66 valence electrons. The van der Waals surface area contributed by atoms with Crippen LogP contribution in [0, 0.1) is 18.3 Å². The Morgan fingerprint density at radius 2 is 2.33 bits per heavy atom. The van der Waals surface area contributed by atoms with E-state index >= 15 is 0 Å². The molecule has 0 atom stereocenters. The molecule has 1 rings (SSSR count). The number of hydrogen-bond donors (Lipinski definition) is 0. The maximum Gasteiger partial charge on any atom is 0.226 e. The van der Waals surface area contributed by atoms with Crippen LogP contribution in [0.5, 0.6) is 0 Å². The van der Waals surface area contributed by atoms with Crippen LogP contribution in [0.1, 0.15) is 26.2 Å². The highest BCUT2D eigenvalue weighted by Gasteiger charge is 2.32. The SMILES string of the molecule is C#CCN(CCC)C(=O)C1CC1. The number of carbonyl (C=O) groups is 1. The van der Waals surface area contributed by atoms with Gasteiger partial charge in [-0.2, -0.15) is 0 Å². The van der Waals surface area contributed by atoms with Gasteiger partial charge in [0, 0.05) is 12.5 Å². The molecule has 0 aromatic heterocycles. The fourth-order valence-corrected chi connectivity index (χ4v) is 1.24. The number of hydrogen-bond acceptors (Lipinski definition) is 1. The third-order valence-corrected chi connectivity index (χ3v) is 2.01. The summed E-state index contributed by atoms with van der Waals surface area (Å²) in [7, 11) is 0. The Kier molecular flexibility index (Phi) is 3.16. The summed E-state index contributed by atoms with van der Waals surface area (Å²) in [6.07, 6.45) is 8.28. The molecule has 2 nitrogen and oxygen atoms in total. The Bertz CT molecular complexity index is 200. The van der Waals surface area contributed by atoms with Crippen LogP contribution in [0.4, 0.5) is 0 Å². The lowest BCUT2D eigenvalue weighted by atomic mass is 10.3. The average molecular weight is 165 g/mol. The molecular formula is C10H15NO. The molecule has 0 unspecified atom stereocenters. The number of nitrogens with zero attached hydrogens (tertiary/aromatic N) is 1. The monoisotopic (exact) mass is 165 g/mol. The van der Waals surface area contributed by atoms with E-state index in [1.807, 2.05) is 0 Å². The van der Waals surface area contributed by atoms with E-state index in [-0.39, 0.29) is 5.91 Å². The Balaban J connectivity index is 2.40. The summed E-state index contributed by atoms with van der Waals surface area (Å²) >= 11 is 0. The standard InChI is InChI=1S/C10H15NO/c1-3-7-11(8-4-2)10(12)9-5-6-9/h1,9H,4-8H2,2H3. The fourth-order valence-electron chi connectivity index (χ4n) is 1.24. The van der Waals surface area contributed by atoms with Gasteiger partial charge in [0.25, 0.3) is 0 Å². The van der Waals surface area contributed by atoms with Crippen LogP contribution in [-0.2, 0) is 4.79 Å². The number of amides is 1. The summed E-state index contributed by atoms with van der Waals surface area (Å²) < 4.78 is 0. The quantitative estimate of drug-likeness (QED) is 0.574. The highest BCUT2D eigenvalue weighted by molar-refractivity contribution is 5.81. The van der Waals surface area contributed by atoms with Gasteiger partial charge in [0.2, 0.25) is 5.91 Å². The summed E-state index contributed by atoms with van der Waals surface area (Å²) in [6.45, 7) is 3.34. The largest absolute Gasteiger partial charge is 0.331 e. The second-order valence-corrected chi connectivity index (χ2v) is 3.24. The molecule has 1 aliphatic carbocycles. The number of terminal acetylenes is 1. The molecular weight excluding hydrogens is 150 g/mol. The molecule has 1 fully saturated rings. The summed E-state index contributed by atoms with van der Waals surface area (Å²) in [5, 5.41) is 0. The number of carbonyl (C=O) groups excluding carboxylic acids is 1. The van der Waals surface area contributed by atoms with E-state index in [4.69, 9.17) is 6.42 Å². The van der Waals surface area contributed by atoms with E-state index in [1.54, 1.807) is 4.90 Å². The van der Waals surface area contributed by atoms with E-state index in [0.717, 1.165) is 25.8 Å². The van der Waals surface area contributed by atoms with Gasteiger partial charge in [0.15, 0.2) is 0 Å². The molecule has 2 heteroatoms. The first-order valence-corrected chi connectivity index (χ1v) is 4.51. The lowest BCUT2D eigenvalue weighted by molar-refractivity contribution is -0.131.